The highest BCUT2D eigenvalue weighted by Crippen LogP contribution is 2.61. The van der Waals surface area contributed by atoms with Crippen molar-refractivity contribution in [2.45, 2.75) is 38.3 Å². The van der Waals surface area contributed by atoms with E-state index in [1.807, 2.05) is 11.8 Å². The fourth-order valence-corrected chi connectivity index (χ4v) is 6.99. The average molecular weight is 511 g/mol. The molecule has 0 bridgehead atoms. The second-order valence-corrected chi connectivity index (χ2v) is 10.2. The van der Waals surface area contributed by atoms with Gasteiger partial charge < -0.3 is 10.1 Å². The lowest BCUT2D eigenvalue weighted by Crippen LogP contribution is -2.54. The van der Waals surface area contributed by atoms with E-state index in [2.05, 4.69) is 5.32 Å². The molecule has 0 aromatic heterocycles. The number of methoxy groups -OCH3 is 1. The third kappa shape index (κ3) is 2.58. The number of benzene rings is 2. The van der Waals surface area contributed by atoms with Gasteiger partial charge in [0, 0.05) is 28.8 Å². The van der Waals surface area contributed by atoms with Crippen LogP contribution in [0.15, 0.2) is 24.3 Å². The normalized spacial score (nSPS) is 28.5. The zero-order valence-electron chi connectivity index (χ0n) is 19.8. The highest BCUT2D eigenvalue weighted by molar-refractivity contribution is 6.32. The summed E-state index contributed by atoms with van der Waals surface area (Å²) in [5.41, 5.74) is 1.00. The molecule has 36 heavy (non-hydrogen) atoms. The van der Waals surface area contributed by atoms with E-state index in [9.17, 15) is 24.5 Å². The van der Waals surface area contributed by atoms with Gasteiger partial charge in [-0.2, -0.15) is 0 Å². The number of nitrogens with one attached hydrogen (secondary N) is 1. The van der Waals surface area contributed by atoms with Gasteiger partial charge in [-0.3, -0.25) is 29.4 Å². The van der Waals surface area contributed by atoms with Crippen molar-refractivity contribution < 1.29 is 24.0 Å². The molecular formula is C25H23ClN4O6. The van der Waals surface area contributed by atoms with Crippen LogP contribution < -0.4 is 15.0 Å². The predicted molar refractivity (Wildman–Crippen MR) is 130 cm³/mol. The van der Waals surface area contributed by atoms with Crippen molar-refractivity contribution >= 4 is 46.4 Å². The van der Waals surface area contributed by atoms with Crippen molar-refractivity contribution in [3.05, 3.63) is 56.1 Å². The number of carbonyl (C=O) groups excluding carboxylic acids is 3. The van der Waals surface area contributed by atoms with Crippen LogP contribution in [0.3, 0.4) is 0 Å². The smallest absolute Gasteiger partial charge is 0.311 e. The van der Waals surface area contributed by atoms with Crippen LogP contribution in [0.2, 0.25) is 5.02 Å². The molecule has 0 unspecified atom stereocenters. The molecule has 3 fully saturated rings. The van der Waals surface area contributed by atoms with Crippen LogP contribution in [0, 0.1) is 35.8 Å². The van der Waals surface area contributed by atoms with Gasteiger partial charge in [0.25, 0.3) is 0 Å². The number of imide groups is 1. The molecule has 4 heterocycles. The van der Waals surface area contributed by atoms with Gasteiger partial charge in [-0.25, -0.2) is 4.90 Å². The number of anilines is 2. The second-order valence-electron chi connectivity index (χ2n) is 9.80. The summed E-state index contributed by atoms with van der Waals surface area (Å²) in [6.45, 7) is 4.02. The van der Waals surface area contributed by atoms with E-state index in [0.29, 0.717) is 40.4 Å². The average Bonchev–Trinajstić information content (AvgIpc) is 3.55. The van der Waals surface area contributed by atoms with Crippen molar-refractivity contribution in [1.29, 1.82) is 0 Å². The summed E-state index contributed by atoms with van der Waals surface area (Å²) in [7, 11) is 1.29. The Kier molecular flexibility index (Phi) is 4.78. The van der Waals surface area contributed by atoms with E-state index in [0.717, 1.165) is 11.3 Å². The Hall–Kier alpha value is -3.50. The summed E-state index contributed by atoms with van der Waals surface area (Å²) in [5.74, 6) is -2.92. The van der Waals surface area contributed by atoms with Crippen molar-refractivity contribution in [2.24, 2.45) is 11.8 Å². The molecule has 1 spiro atoms. The fraction of sp³-hybridized carbons (Fsp3) is 0.400. The van der Waals surface area contributed by atoms with Crippen LogP contribution in [0.5, 0.6) is 5.75 Å². The molecule has 0 aliphatic carbocycles. The van der Waals surface area contributed by atoms with Crippen molar-refractivity contribution in [2.75, 3.05) is 23.9 Å². The first-order chi connectivity index (χ1) is 17.1. The van der Waals surface area contributed by atoms with Crippen molar-refractivity contribution in [1.82, 2.24) is 4.90 Å². The number of halogens is 1. The number of nitrogens with zero attached hydrogens (tertiary/aromatic N) is 3. The Morgan fingerprint density at radius 3 is 2.64 bits per heavy atom. The van der Waals surface area contributed by atoms with Crippen LogP contribution >= 0.6 is 11.6 Å². The number of aryl methyl sites for hydroxylation is 1. The molecule has 4 aliphatic heterocycles. The zero-order valence-corrected chi connectivity index (χ0v) is 20.6. The number of amides is 3. The molecule has 3 saturated heterocycles. The standard InChI is InChI=1S/C25H23ClN4O6/c1-11-9-17(30(34)35)18(36-3)10-16(11)29-22(31)19-15-5-4-8-28(15)25(20(19)23(29)32)13-6-7-14(26)12(2)21(13)27-24(25)33/h6-7,9-10,15,19-20H,4-5,8H2,1-3H3,(H,27,33)/t15-,19+,20-,25-/m0/s1. The quantitative estimate of drug-likeness (QED) is 0.382. The molecule has 1 N–H and O–H groups in total. The van der Waals surface area contributed by atoms with E-state index >= 15 is 0 Å². The van der Waals surface area contributed by atoms with E-state index in [-0.39, 0.29) is 29.1 Å². The van der Waals surface area contributed by atoms with E-state index in [1.165, 1.54) is 19.2 Å². The Labute approximate surface area is 211 Å². The van der Waals surface area contributed by atoms with E-state index < -0.39 is 34.1 Å². The number of fused-ring (bicyclic) bond motifs is 7. The summed E-state index contributed by atoms with van der Waals surface area (Å²) >= 11 is 6.34. The molecule has 6 rings (SSSR count). The SMILES string of the molecule is COc1cc(N2C(=O)[C@H]3[C@@H](C2=O)[C@@]2(C(=O)Nc4c2ccc(Cl)c4C)N2CCC[C@@H]32)c(C)cc1[N+](=O)[O-]. The lowest BCUT2D eigenvalue weighted by molar-refractivity contribution is -0.385. The first-order valence-corrected chi connectivity index (χ1v) is 12.1. The Morgan fingerprint density at radius 2 is 1.94 bits per heavy atom. The fourth-order valence-electron chi connectivity index (χ4n) is 6.84. The number of hydrogen-bond donors (Lipinski definition) is 1. The van der Waals surface area contributed by atoms with E-state index in [1.54, 1.807) is 19.1 Å². The highest BCUT2D eigenvalue weighted by atomic mass is 35.5. The zero-order chi connectivity index (χ0) is 25.7. The minimum Gasteiger partial charge on any atom is -0.490 e. The maximum absolute atomic E-state index is 14.2. The van der Waals surface area contributed by atoms with Gasteiger partial charge in [0.2, 0.25) is 17.7 Å². The number of hydrogen-bond acceptors (Lipinski definition) is 7. The molecule has 3 amide bonds. The molecule has 4 aliphatic rings. The Bertz CT molecular complexity index is 1410. The summed E-state index contributed by atoms with van der Waals surface area (Å²) in [6, 6.07) is 5.88. The van der Waals surface area contributed by atoms with E-state index in [4.69, 9.17) is 16.3 Å². The molecule has 2 aromatic carbocycles. The number of rotatable bonds is 3. The van der Waals surface area contributed by atoms with Gasteiger partial charge in [-0.15, -0.1) is 0 Å². The Morgan fingerprint density at radius 1 is 1.19 bits per heavy atom. The number of nitro benzene ring substituents is 1. The minimum absolute atomic E-state index is 0.0512. The highest BCUT2D eigenvalue weighted by Gasteiger charge is 2.74. The molecular weight excluding hydrogens is 488 g/mol. The minimum atomic E-state index is -1.32. The first-order valence-electron chi connectivity index (χ1n) is 11.7. The van der Waals surface area contributed by atoms with Crippen molar-refractivity contribution in [3.63, 3.8) is 0 Å². The van der Waals surface area contributed by atoms with Crippen LogP contribution in [0.25, 0.3) is 0 Å². The molecule has 10 nitrogen and oxygen atoms in total. The topological polar surface area (TPSA) is 122 Å². The number of ether oxygens (including phenoxy) is 1. The molecule has 11 heteroatoms. The molecule has 0 saturated carbocycles. The summed E-state index contributed by atoms with van der Waals surface area (Å²) in [5, 5.41) is 14.9. The molecule has 0 radical (unpaired) electrons. The van der Waals surface area contributed by atoms with Gasteiger partial charge in [0.05, 0.1) is 35.2 Å². The monoisotopic (exact) mass is 510 g/mol. The predicted octanol–water partition coefficient (Wildman–Crippen LogP) is 3.30. The maximum Gasteiger partial charge on any atom is 0.311 e. The second kappa shape index (κ2) is 7.50. The Balaban J connectivity index is 1.54. The largest absolute Gasteiger partial charge is 0.490 e. The molecule has 4 atom stereocenters. The van der Waals surface area contributed by atoms with Gasteiger partial charge in [-0.05, 0) is 50.4 Å². The maximum atomic E-state index is 14.2. The third-order valence-electron chi connectivity index (χ3n) is 8.30. The summed E-state index contributed by atoms with van der Waals surface area (Å²) < 4.78 is 5.20. The summed E-state index contributed by atoms with van der Waals surface area (Å²) in [6.07, 6.45) is 1.49. The van der Waals surface area contributed by atoms with Crippen LogP contribution in [-0.2, 0) is 19.9 Å². The van der Waals surface area contributed by atoms with Gasteiger partial charge in [0.15, 0.2) is 5.75 Å². The van der Waals surface area contributed by atoms with Crippen molar-refractivity contribution in [3.8, 4) is 5.75 Å². The molecule has 2 aromatic rings. The number of nitro groups is 1. The van der Waals surface area contributed by atoms with Gasteiger partial charge >= 0.3 is 5.69 Å². The van der Waals surface area contributed by atoms with Crippen LogP contribution in [-0.4, -0.2) is 47.2 Å². The molecule has 186 valence electrons. The van der Waals surface area contributed by atoms with Crippen LogP contribution in [0.1, 0.15) is 29.5 Å². The number of carbonyl (C=O) groups is 3. The first kappa shape index (κ1) is 22.9. The summed E-state index contributed by atoms with van der Waals surface area (Å²) in [4.78, 5) is 56.0. The van der Waals surface area contributed by atoms with Gasteiger partial charge in [0.1, 0.15) is 5.54 Å². The lowest BCUT2D eigenvalue weighted by Gasteiger charge is -2.36. The van der Waals surface area contributed by atoms with Gasteiger partial charge in [-0.1, -0.05) is 17.7 Å². The third-order valence-corrected chi connectivity index (χ3v) is 8.71. The van der Waals surface area contributed by atoms with Crippen LogP contribution in [0.4, 0.5) is 17.1 Å². The lowest BCUT2D eigenvalue weighted by atomic mass is 9.75.